The summed E-state index contributed by atoms with van der Waals surface area (Å²) in [5.74, 6) is 0.806. The van der Waals surface area contributed by atoms with Crippen molar-refractivity contribution in [1.29, 1.82) is 0 Å². The molecule has 0 spiro atoms. The van der Waals surface area contributed by atoms with Gasteiger partial charge >= 0.3 is 0 Å². The van der Waals surface area contributed by atoms with Crippen LogP contribution in [0, 0.1) is 5.92 Å². The summed E-state index contributed by atoms with van der Waals surface area (Å²) in [6.45, 7) is 5.72. The molecule has 0 bridgehead atoms. The summed E-state index contributed by atoms with van der Waals surface area (Å²) >= 11 is 5.35. The van der Waals surface area contributed by atoms with E-state index >= 15 is 0 Å². The highest BCUT2D eigenvalue weighted by Gasteiger charge is 2.26. The van der Waals surface area contributed by atoms with Gasteiger partial charge in [0, 0.05) is 27.3 Å². The number of halogens is 1. The van der Waals surface area contributed by atoms with E-state index in [2.05, 4.69) is 58.2 Å². The maximum Gasteiger partial charge on any atom is 0.0588 e. The Morgan fingerprint density at radius 1 is 1.50 bits per heavy atom. The summed E-state index contributed by atoms with van der Waals surface area (Å²) in [6.07, 6.45) is 2.61. The number of likely N-dealkylation sites (N-methyl/N-ethyl adjacent to an activating group) is 1. The molecule has 0 saturated carbocycles. The van der Waals surface area contributed by atoms with Crippen LogP contribution in [0.3, 0.4) is 0 Å². The fourth-order valence-electron chi connectivity index (χ4n) is 3.13. The van der Waals surface area contributed by atoms with Gasteiger partial charge in [0.05, 0.1) is 6.04 Å². The van der Waals surface area contributed by atoms with Crippen molar-refractivity contribution in [3.63, 3.8) is 0 Å². The van der Waals surface area contributed by atoms with Crippen molar-refractivity contribution in [2.24, 2.45) is 11.7 Å². The molecule has 1 fully saturated rings. The first-order valence-electron chi connectivity index (χ1n) is 7.35. The van der Waals surface area contributed by atoms with E-state index in [0.717, 1.165) is 16.9 Å². The van der Waals surface area contributed by atoms with E-state index in [1.54, 1.807) is 11.3 Å². The van der Waals surface area contributed by atoms with E-state index in [1.165, 1.54) is 30.8 Å². The van der Waals surface area contributed by atoms with Crippen molar-refractivity contribution in [1.82, 2.24) is 9.80 Å². The normalized spacial score (nSPS) is 21.3. The Morgan fingerprint density at radius 2 is 2.15 bits per heavy atom. The molecule has 1 aliphatic heterocycles. The third-order valence-electron chi connectivity index (χ3n) is 4.24. The van der Waals surface area contributed by atoms with Crippen molar-refractivity contribution in [2.45, 2.75) is 31.8 Å². The average Bonchev–Trinajstić information content (AvgIpc) is 2.78. The Balaban J connectivity index is 1.98. The smallest absolute Gasteiger partial charge is 0.0588 e. The molecule has 2 atom stereocenters. The van der Waals surface area contributed by atoms with E-state index in [-0.39, 0.29) is 6.04 Å². The summed E-state index contributed by atoms with van der Waals surface area (Å²) in [6, 6.07) is 2.69. The molecule has 1 saturated heterocycles. The zero-order valence-corrected chi connectivity index (χ0v) is 15.1. The fourth-order valence-corrected chi connectivity index (χ4v) is 4.85. The summed E-state index contributed by atoms with van der Waals surface area (Å²) < 4.78 is 1.16. The lowest BCUT2D eigenvalue weighted by atomic mass is 9.95. The van der Waals surface area contributed by atoms with Gasteiger partial charge in [-0.05, 0) is 74.9 Å². The molecule has 0 radical (unpaired) electrons. The van der Waals surface area contributed by atoms with Crippen molar-refractivity contribution in [3.05, 3.63) is 20.8 Å². The number of piperidine rings is 1. The Morgan fingerprint density at radius 3 is 2.65 bits per heavy atom. The third kappa shape index (κ3) is 4.28. The van der Waals surface area contributed by atoms with Crippen molar-refractivity contribution >= 4 is 27.3 Å². The van der Waals surface area contributed by atoms with Crippen molar-refractivity contribution in [3.8, 4) is 0 Å². The van der Waals surface area contributed by atoms with E-state index in [1.807, 2.05) is 0 Å². The van der Waals surface area contributed by atoms with Crippen LogP contribution in [0.2, 0.25) is 0 Å². The van der Waals surface area contributed by atoms with Crippen LogP contribution < -0.4 is 5.73 Å². The van der Waals surface area contributed by atoms with Crippen LogP contribution in [0.4, 0.5) is 0 Å². The SMILES string of the molecule is CC(N)C(c1cc(Br)cs1)N(C)CC1CCN(C)CC1. The molecule has 2 N–H and O–H groups in total. The van der Waals surface area contributed by atoms with Gasteiger partial charge in [-0.25, -0.2) is 0 Å². The molecule has 0 aliphatic carbocycles. The maximum absolute atomic E-state index is 6.25. The molecule has 0 amide bonds. The molecular formula is C15H26BrN3S. The maximum atomic E-state index is 6.25. The molecule has 2 rings (SSSR count). The van der Waals surface area contributed by atoms with Gasteiger partial charge in [-0.3, -0.25) is 4.90 Å². The van der Waals surface area contributed by atoms with Gasteiger partial charge in [-0.2, -0.15) is 0 Å². The fraction of sp³-hybridized carbons (Fsp3) is 0.733. The number of thiophene rings is 1. The lowest BCUT2D eigenvalue weighted by Gasteiger charge is -2.36. The van der Waals surface area contributed by atoms with E-state index in [9.17, 15) is 0 Å². The van der Waals surface area contributed by atoms with Crippen LogP contribution >= 0.6 is 27.3 Å². The Kier molecular flexibility index (Phi) is 6.05. The van der Waals surface area contributed by atoms with Crippen LogP contribution in [0.15, 0.2) is 15.9 Å². The molecule has 20 heavy (non-hydrogen) atoms. The average molecular weight is 360 g/mol. The van der Waals surface area contributed by atoms with Gasteiger partial charge in [0.2, 0.25) is 0 Å². The van der Waals surface area contributed by atoms with Crippen LogP contribution in [0.25, 0.3) is 0 Å². The van der Waals surface area contributed by atoms with Gasteiger partial charge in [0.1, 0.15) is 0 Å². The van der Waals surface area contributed by atoms with Gasteiger partial charge in [0.25, 0.3) is 0 Å². The van der Waals surface area contributed by atoms with E-state index in [0.29, 0.717) is 6.04 Å². The molecule has 0 aromatic carbocycles. The van der Waals surface area contributed by atoms with Crippen LogP contribution in [0.5, 0.6) is 0 Å². The quantitative estimate of drug-likeness (QED) is 0.876. The first-order valence-corrected chi connectivity index (χ1v) is 9.03. The predicted molar refractivity (Wildman–Crippen MR) is 91.3 cm³/mol. The number of hydrogen-bond acceptors (Lipinski definition) is 4. The van der Waals surface area contributed by atoms with Gasteiger partial charge in [0.15, 0.2) is 0 Å². The topological polar surface area (TPSA) is 32.5 Å². The van der Waals surface area contributed by atoms with E-state index < -0.39 is 0 Å². The third-order valence-corrected chi connectivity index (χ3v) is 6.00. The number of nitrogens with zero attached hydrogens (tertiary/aromatic N) is 2. The molecule has 1 aliphatic rings. The van der Waals surface area contributed by atoms with Crippen LogP contribution in [-0.4, -0.2) is 49.6 Å². The number of likely N-dealkylation sites (tertiary alicyclic amines) is 1. The number of nitrogens with two attached hydrogens (primary N) is 1. The Labute approximate surface area is 135 Å². The highest BCUT2D eigenvalue weighted by Crippen LogP contribution is 2.31. The second-order valence-electron chi connectivity index (χ2n) is 6.16. The Bertz CT molecular complexity index is 413. The zero-order valence-electron chi connectivity index (χ0n) is 12.7. The summed E-state index contributed by atoms with van der Waals surface area (Å²) in [4.78, 5) is 6.25. The van der Waals surface area contributed by atoms with Crippen molar-refractivity contribution in [2.75, 3.05) is 33.7 Å². The minimum Gasteiger partial charge on any atom is -0.326 e. The molecule has 2 unspecified atom stereocenters. The molecule has 3 nitrogen and oxygen atoms in total. The van der Waals surface area contributed by atoms with Gasteiger partial charge in [-0.1, -0.05) is 0 Å². The molecule has 2 heterocycles. The predicted octanol–water partition coefficient (Wildman–Crippen LogP) is 3.17. The van der Waals surface area contributed by atoms with E-state index in [4.69, 9.17) is 5.73 Å². The molecule has 1 aromatic rings. The van der Waals surface area contributed by atoms with Crippen LogP contribution in [0.1, 0.15) is 30.7 Å². The highest BCUT2D eigenvalue weighted by atomic mass is 79.9. The highest BCUT2D eigenvalue weighted by molar-refractivity contribution is 9.10. The molecule has 114 valence electrons. The standard InChI is InChI=1S/C15H26BrN3S/c1-11(17)15(14-8-13(16)10-20-14)19(3)9-12-4-6-18(2)7-5-12/h8,10-12,15H,4-7,9,17H2,1-3H3. The second-order valence-corrected chi connectivity index (χ2v) is 8.02. The second kappa shape index (κ2) is 7.36. The summed E-state index contributed by atoms with van der Waals surface area (Å²) in [5, 5.41) is 2.15. The largest absolute Gasteiger partial charge is 0.326 e. The first kappa shape index (κ1) is 16.4. The molecule has 5 heteroatoms. The number of rotatable bonds is 5. The number of hydrogen-bond donors (Lipinski definition) is 1. The molecular weight excluding hydrogens is 334 g/mol. The monoisotopic (exact) mass is 359 g/mol. The summed E-state index contributed by atoms with van der Waals surface area (Å²) in [5.41, 5.74) is 6.25. The van der Waals surface area contributed by atoms with Crippen molar-refractivity contribution < 1.29 is 0 Å². The lowest BCUT2D eigenvalue weighted by Crippen LogP contribution is -2.41. The van der Waals surface area contributed by atoms with Gasteiger partial charge < -0.3 is 10.6 Å². The van der Waals surface area contributed by atoms with Crippen LogP contribution in [-0.2, 0) is 0 Å². The van der Waals surface area contributed by atoms with Gasteiger partial charge in [-0.15, -0.1) is 11.3 Å². The minimum atomic E-state index is 0.150. The first-order chi connectivity index (χ1) is 9.47. The summed E-state index contributed by atoms with van der Waals surface area (Å²) in [7, 11) is 4.44. The molecule has 1 aromatic heterocycles. The lowest BCUT2D eigenvalue weighted by molar-refractivity contribution is 0.141. The zero-order chi connectivity index (χ0) is 14.7. The Hall–Kier alpha value is 0.0600. The minimum absolute atomic E-state index is 0.150.